The highest BCUT2D eigenvalue weighted by molar-refractivity contribution is 6.38. The van der Waals surface area contributed by atoms with Crippen molar-refractivity contribution in [3.63, 3.8) is 0 Å². The van der Waals surface area contributed by atoms with E-state index in [1.54, 1.807) is 0 Å². The highest BCUT2D eigenvalue weighted by Crippen LogP contribution is 2.40. The predicted molar refractivity (Wildman–Crippen MR) is 157 cm³/mol. The Hall–Kier alpha value is -4.80. The second kappa shape index (κ2) is 7.15. The summed E-state index contributed by atoms with van der Waals surface area (Å²) >= 11 is 7.20. The Labute approximate surface area is 220 Å². The smallest absolute Gasteiger partial charge is 0.220 e. The van der Waals surface area contributed by atoms with Crippen molar-refractivity contribution >= 4 is 82.9 Å². The van der Waals surface area contributed by atoms with E-state index in [2.05, 4.69) is 100.0 Å². The van der Waals surface area contributed by atoms with Gasteiger partial charge < -0.3 is 4.42 Å². The standard InChI is InChI=1S/C33H18ClN3O/c34-30-26(18-16-23-22-11-3-4-14-28(22)38-32(23)30)36-24-12-5-8-20-9-6-13-25(29(20)24)37-27-17-15-19-7-1-2-10-21(19)31(27)35-33(36)37/h1-18H. The number of hydrogen-bond acceptors (Lipinski definition) is 2. The van der Waals surface area contributed by atoms with E-state index >= 15 is 0 Å². The second-order valence-electron chi connectivity index (χ2n) is 9.76. The van der Waals surface area contributed by atoms with Gasteiger partial charge in [0.05, 0.1) is 27.8 Å². The lowest BCUT2D eigenvalue weighted by atomic mass is 10.1. The monoisotopic (exact) mass is 507 g/mol. The fourth-order valence-electron chi connectivity index (χ4n) is 6.12. The zero-order valence-electron chi connectivity index (χ0n) is 20.0. The van der Waals surface area contributed by atoms with Crippen molar-refractivity contribution in [3.05, 3.63) is 114 Å². The Kier molecular flexibility index (Phi) is 3.82. The third kappa shape index (κ3) is 2.48. The maximum absolute atomic E-state index is 7.20. The van der Waals surface area contributed by atoms with Gasteiger partial charge in [-0.1, -0.05) is 84.4 Å². The molecule has 0 saturated heterocycles. The Morgan fingerprint density at radius 1 is 0.605 bits per heavy atom. The number of nitrogens with zero attached hydrogens (tertiary/aromatic N) is 3. The molecule has 178 valence electrons. The van der Waals surface area contributed by atoms with E-state index in [-0.39, 0.29) is 0 Å². The predicted octanol–water partition coefficient (Wildman–Crippen LogP) is 9.29. The van der Waals surface area contributed by atoms with Gasteiger partial charge in [-0.3, -0.25) is 8.97 Å². The van der Waals surface area contributed by atoms with Gasteiger partial charge in [-0.15, -0.1) is 0 Å². The number of imidazole rings is 1. The minimum atomic E-state index is 0.568. The summed E-state index contributed by atoms with van der Waals surface area (Å²) in [7, 11) is 0. The van der Waals surface area contributed by atoms with Gasteiger partial charge in [0.25, 0.3) is 0 Å². The van der Waals surface area contributed by atoms with Crippen LogP contribution < -0.4 is 0 Å². The van der Waals surface area contributed by atoms with Crippen LogP contribution in [0.25, 0.3) is 77.0 Å². The third-order valence-electron chi connectivity index (χ3n) is 7.78. The van der Waals surface area contributed by atoms with E-state index < -0.39 is 0 Å². The molecule has 38 heavy (non-hydrogen) atoms. The molecule has 0 aliphatic heterocycles. The topological polar surface area (TPSA) is 35.4 Å². The van der Waals surface area contributed by atoms with Crippen LogP contribution in [-0.2, 0) is 0 Å². The lowest BCUT2D eigenvalue weighted by molar-refractivity contribution is 0.668. The normalized spacial score (nSPS) is 12.3. The van der Waals surface area contributed by atoms with Crippen LogP contribution in [0.2, 0.25) is 5.02 Å². The minimum Gasteiger partial charge on any atom is -0.454 e. The molecule has 0 saturated carbocycles. The van der Waals surface area contributed by atoms with E-state index in [0.29, 0.717) is 10.6 Å². The fourth-order valence-corrected chi connectivity index (χ4v) is 6.41. The van der Waals surface area contributed by atoms with Gasteiger partial charge in [0.15, 0.2) is 5.58 Å². The average molecular weight is 508 g/mol. The van der Waals surface area contributed by atoms with Gasteiger partial charge in [0, 0.05) is 21.5 Å². The molecular weight excluding hydrogens is 490 g/mol. The van der Waals surface area contributed by atoms with Crippen LogP contribution in [0.15, 0.2) is 114 Å². The molecule has 3 heterocycles. The Balaban J connectivity index is 1.53. The number of rotatable bonds is 1. The lowest BCUT2D eigenvalue weighted by Crippen LogP contribution is -2.06. The molecule has 0 aliphatic rings. The van der Waals surface area contributed by atoms with Crippen LogP contribution in [0, 0.1) is 0 Å². The molecular formula is C33H18ClN3O. The van der Waals surface area contributed by atoms with Crippen LogP contribution in [-0.4, -0.2) is 14.0 Å². The first-order chi connectivity index (χ1) is 18.8. The van der Waals surface area contributed by atoms with Crippen molar-refractivity contribution in [2.45, 2.75) is 0 Å². The van der Waals surface area contributed by atoms with Crippen molar-refractivity contribution < 1.29 is 4.42 Å². The molecule has 5 heteroatoms. The summed E-state index contributed by atoms with van der Waals surface area (Å²) in [4.78, 5) is 5.29. The first-order valence-corrected chi connectivity index (χ1v) is 13.0. The Morgan fingerprint density at radius 3 is 2.26 bits per heavy atom. The van der Waals surface area contributed by atoms with E-state index in [0.717, 1.165) is 60.7 Å². The van der Waals surface area contributed by atoms with E-state index in [4.69, 9.17) is 21.0 Å². The highest BCUT2D eigenvalue weighted by atomic mass is 35.5. The number of fused-ring (bicyclic) bond motifs is 9. The second-order valence-corrected chi connectivity index (χ2v) is 10.1. The van der Waals surface area contributed by atoms with Crippen molar-refractivity contribution in [1.29, 1.82) is 0 Å². The maximum atomic E-state index is 7.20. The van der Waals surface area contributed by atoms with Gasteiger partial charge in [-0.25, -0.2) is 4.98 Å². The summed E-state index contributed by atoms with van der Waals surface area (Å²) in [5.74, 6) is 0.805. The molecule has 0 unspecified atom stereocenters. The Morgan fingerprint density at radius 2 is 1.37 bits per heavy atom. The van der Waals surface area contributed by atoms with Crippen molar-refractivity contribution in [2.24, 2.45) is 0 Å². The fraction of sp³-hybridized carbons (Fsp3) is 0. The molecule has 4 nitrogen and oxygen atoms in total. The number of hydrogen-bond donors (Lipinski definition) is 0. The van der Waals surface area contributed by atoms with Crippen LogP contribution in [0.3, 0.4) is 0 Å². The van der Waals surface area contributed by atoms with E-state index in [1.807, 2.05) is 18.2 Å². The van der Waals surface area contributed by atoms with Crippen molar-refractivity contribution in [1.82, 2.24) is 14.0 Å². The summed E-state index contributed by atoms with van der Waals surface area (Å²) in [5.41, 5.74) is 6.53. The number of benzene rings is 6. The number of aromatic nitrogens is 3. The molecule has 0 fully saturated rings. The average Bonchev–Trinajstić information content (AvgIpc) is 3.54. The van der Waals surface area contributed by atoms with Crippen LogP contribution in [0.5, 0.6) is 0 Å². The van der Waals surface area contributed by atoms with Gasteiger partial charge >= 0.3 is 0 Å². The SMILES string of the molecule is Clc1c(-n2c3cccc4cccc(c43)n3c4ccc5ccccc5c4nc23)ccc2c1oc1ccccc12. The van der Waals surface area contributed by atoms with Crippen molar-refractivity contribution in [2.75, 3.05) is 0 Å². The molecule has 3 aromatic heterocycles. The first-order valence-electron chi connectivity index (χ1n) is 12.6. The van der Waals surface area contributed by atoms with Crippen molar-refractivity contribution in [3.8, 4) is 5.69 Å². The molecule has 0 bridgehead atoms. The summed E-state index contributed by atoms with van der Waals surface area (Å²) in [6.07, 6.45) is 0. The molecule has 0 atom stereocenters. The molecule has 9 aromatic rings. The zero-order valence-corrected chi connectivity index (χ0v) is 20.8. The summed E-state index contributed by atoms with van der Waals surface area (Å²) in [6.45, 7) is 0. The first kappa shape index (κ1) is 20.3. The molecule has 0 spiro atoms. The number of halogens is 1. The zero-order chi connectivity index (χ0) is 25.0. The van der Waals surface area contributed by atoms with Gasteiger partial charge in [-0.2, -0.15) is 0 Å². The molecule has 0 radical (unpaired) electrons. The lowest BCUT2D eigenvalue weighted by Gasteiger charge is -2.18. The van der Waals surface area contributed by atoms with Crippen LogP contribution in [0.1, 0.15) is 0 Å². The number of para-hydroxylation sites is 1. The molecule has 9 rings (SSSR count). The maximum Gasteiger partial charge on any atom is 0.220 e. The summed E-state index contributed by atoms with van der Waals surface area (Å²) in [5, 5.41) is 7.25. The molecule has 0 N–H and O–H groups in total. The minimum absolute atomic E-state index is 0.568. The summed E-state index contributed by atoms with van der Waals surface area (Å²) < 4.78 is 10.7. The van der Waals surface area contributed by atoms with Gasteiger partial charge in [0.2, 0.25) is 5.78 Å². The highest BCUT2D eigenvalue weighted by Gasteiger charge is 2.21. The van der Waals surface area contributed by atoms with E-state index in [9.17, 15) is 0 Å². The molecule has 0 aliphatic carbocycles. The largest absolute Gasteiger partial charge is 0.454 e. The van der Waals surface area contributed by atoms with Gasteiger partial charge in [-0.05, 0) is 47.2 Å². The quantitative estimate of drug-likeness (QED) is 0.222. The van der Waals surface area contributed by atoms with Crippen LogP contribution in [0.4, 0.5) is 0 Å². The molecule has 6 aromatic carbocycles. The van der Waals surface area contributed by atoms with Crippen LogP contribution >= 0.6 is 11.6 Å². The summed E-state index contributed by atoms with van der Waals surface area (Å²) in [6, 6.07) is 37.8. The third-order valence-corrected chi connectivity index (χ3v) is 8.15. The molecule has 0 amide bonds. The number of furan rings is 1. The van der Waals surface area contributed by atoms with E-state index in [1.165, 1.54) is 10.8 Å². The Bertz CT molecular complexity index is 2420. The van der Waals surface area contributed by atoms with Gasteiger partial charge in [0.1, 0.15) is 10.6 Å².